The Bertz CT molecular complexity index is 763. The van der Waals surface area contributed by atoms with Crippen molar-refractivity contribution in [2.24, 2.45) is 11.8 Å². The Balaban J connectivity index is 1.72. The van der Waals surface area contributed by atoms with E-state index in [9.17, 15) is 9.59 Å². The lowest BCUT2D eigenvalue weighted by Gasteiger charge is -2.33. The molecule has 1 aromatic rings. The number of aryl methyl sites for hydroxylation is 1. The molecule has 138 valence electrons. The van der Waals surface area contributed by atoms with Gasteiger partial charge in [0.1, 0.15) is 6.61 Å². The number of rotatable bonds is 5. The summed E-state index contributed by atoms with van der Waals surface area (Å²) in [6.45, 7) is 2.00. The van der Waals surface area contributed by atoms with E-state index < -0.39 is 12.3 Å². The second-order valence-corrected chi connectivity index (χ2v) is 6.34. The average Bonchev–Trinajstić information content (AvgIpc) is 3.09. The van der Waals surface area contributed by atoms with Crippen LogP contribution in [0.4, 0.5) is 0 Å². The molecule has 1 aromatic carbocycles. The highest BCUT2D eigenvalue weighted by molar-refractivity contribution is 5.91. The first-order valence-corrected chi connectivity index (χ1v) is 8.45. The molecule has 1 aliphatic heterocycles. The van der Waals surface area contributed by atoms with Crippen molar-refractivity contribution in [3.63, 3.8) is 0 Å². The second-order valence-electron chi connectivity index (χ2n) is 6.34. The summed E-state index contributed by atoms with van der Waals surface area (Å²) in [5.74, 6) is -1.08. The predicted molar refractivity (Wildman–Crippen MR) is 93.1 cm³/mol. The molecule has 0 spiro atoms. The van der Waals surface area contributed by atoms with E-state index in [0.717, 1.165) is 11.1 Å². The zero-order valence-corrected chi connectivity index (χ0v) is 15.1. The van der Waals surface area contributed by atoms with Gasteiger partial charge in [0.2, 0.25) is 6.29 Å². The topological polar surface area (TPSA) is 71.1 Å². The Kier molecular flexibility index (Phi) is 5.42. The molecule has 0 aromatic heterocycles. The normalized spacial score (nSPS) is 24.0. The van der Waals surface area contributed by atoms with Gasteiger partial charge in [-0.2, -0.15) is 0 Å². The molecule has 26 heavy (non-hydrogen) atoms. The summed E-state index contributed by atoms with van der Waals surface area (Å²) in [6.07, 6.45) is 3.51. The van der Waals surface area contributed by atoms with E-state index in [1.165, 1.54) is 13.4 Å². The van der Waals surface area contributed by atoms with Crippen molar-refractivity contribution >= 4 is 11.9 Å². The first-order valence-electron chi connectivity index (χ1n) is 8.45. The van der Waals surface area contributed by atoms with E-state index in [-0.39, 0.29) is 24.4 Å². The molecule has 0 fully saturated rings. The zero-order chi connectivity index (χ0) is 18.7. The van der Waals surface area contributed by atoms with Crippen molar-refractivity contribution in [3.05, 3.63) is 58.9 Å². The minimum atomic E-state index is -0.528. The minimum Gasteiger partial charge on any atom is -0.471 e. The first kappa shape index (κ1) is 18.2. The molecule has 0 saturated carbocycles. The minimum absolute atomic E-state index is 0.103. The van der Waals surface area contributed by atoms with Crippen LogP contribution in [0, 0.1) is 18.8 Å². The Morgan fingerprint density at radius 1 is 1.19 bits per heavy atom. The Morgan fingerprint density at radius 3 is 2.65 bits per heavy atom. The molecule has 0 radical (unpaired) electrons. The molecule has 0 N–H and O–H groups in total. The zero-order valence-electron chi connectivity index (χ0n) is 15.1. The molecule has 0 unspecified atom stereocenters. The lowest BCUT2D eigenvalue weighted by atomic mass is 9.83. The summed E-state index contributed by atoms with van der Waals surface area (Å²) >= 11 is 0. The van der Waals surface area contributed by atoms with E-state index in [4.69, 9.17) is 18.9 Å². The van der Waals surface area contributed by atoms with Gasteiger partial charge < -0.3 is 18.9 Å². The maximum absolute atomic E-state index is 12.4. The van der Waals surface area contributed by atoms with E-state index in [1.54, 1.807) is 19.2 Å². The van der Waals surface area contributed by atoms with Crippen LogP contribution in [-0.4, -0.2) is 39.1 Å². The van der Waals surface area contributed by atoms with Crippen molar-refractivity contribution in [2.45, 2.75) is 19.6 Å². The van der Waals surface area contributed by atoms with E-state index in [0.29, 0.717) is 17.6 Å². The van der Waals surface area contributed by atoms with Crippen LogP contribution < -0.4 is 0 Å². The van der Waals surface area contributed by atoms with Gasteiger partial charge in [0.05, 0.1) is 30.4 Å². The van der Waals surface area contributed by atoms with Crippen LogP contribution in [0.1, 0.15) is 22.3 Å². The van der Waals surface area contributed by atoms with E-state index >= 15 is 0 Å². The molecule has 6 nitrogen and oxygen atoms in total. The Morgan fingerprint density at radius 2 is 1.96 bits per heavy atom. The number of allylic oxidation sites excluding steroid dienone is 1. The fraction of sp³-hybridized carbons (Fsp3) is 0.400. The fourth-order valence-corrected chi connectivity index (χ4v) is 3.52. The molecule has 0 saturated heterocycles. The maximum Gasteiger partial charge on any atom is 0.338 e. The molecule has 2 aliphatic rings. The predicted octanol–water partition coefficient (Wildman–Crippen LogP) is 2.77. The third-order valence-corrected chi connectivity index (χ3v) is 4.91. The van der Waals surface area contributed by atoms with Crippen molar-refractivity contribution in [1.82, 2.24) is 0 Å². The summed E-state index contributed by atoms with van der Waals surface area (Å²) in [4.78, 5) is 24.3. The molecule has 0 bridgehead atoms. The lowest BCUT2D eigenvalue weighted by molar-refractivity contribution is -0.146. The molecule has 3 atom stereocenters. The van der Waals surface area contributed by atoms with Crippen LogP contribution in [-0.2, 0) is 23.7 Å². The highest BCUT2D eigenvalue weighted by Gasteiger charge is 2.44. The SMILES string of the molecule is COC(=O)C1=CO[C@@H](OC)[C@@H]2C(COC(=O)c3ccccc3C)=CC[C@H]12. The van der Waals surface area contributed by atoms with Gasteiger partial charge in [0, 0.05) is 13.0 Å². The highest BCUT2D eigenvalue weighted by atomic mass is 16.7. The average molecular weight is 358 g/mol. The molecule has 1 aliphatic carbocycles. The molecule has 0 amide bonds. The molecular weight excluding hydrogens is 336 g/mol. The maximum atomic E-state index is 12.4. The molecule has 3 rings (SSSR count). The lowest BCUT2D eigenvalue weighted by Crippen LogP contribution is -2.37. The van der Waals surface area contributed by atoms with Gasteiger partial charge in [-0.1, -0.05) is 24.3 Å². The summed E-state index contributed by atoms with van der Waals surface area (Å²) < 4.78 is 21.3. The standard InChI is InChI=1S/C20H22O6/c1-12-6-4-5-7-14(12)19(22)25-10-13-8-9-15-16(18(21)23-2)11-26-20(24-3)17(13)15/h4-8,11,15,17,20H,9-10H2,1-3H3/t15-,17-,20-/m1/s1. The van der Waals surface area contributed by atoms with Gasteiger partial charge in [-0.15, -0.1) is 0 Å². The Labute approximate surface area is 152 Å². The van der Waals surface area contributed by atoms with E-state index in [2.05, 4.69) is 0 Å². The van der Waals surface area contributed by atoms with E-state index in [1.807, 2.05) is 25.1 Å². The van der Waals surface area contributed by atoms with Crippen LogP contribution in [0.25, 0.3) is 0 Å². The van der Waals surface area contributed by atoms with Gasteiger partial charge >= 0.3 is 11.9 Å². The molecule has 1 heterocycles. The monoisotopic (exact) mass is 358 g/mol. The van der Waals surface area contributed by atoms with Crippen LogP contribution >= 0.6 is 0 Å². The number of esters is 2. The van der Waals surface area contributed by atoms with Crippen LogP contribution in [0.15, 0.2) is 47.7 Å². The Hall–Kier alpha value is -2.60. The van der Waals surface area contributed by atoms with Gasteiger partial charge in [-0.3, -0.25) is 0 Å². The second kappa shape index (κ2) is 7.74. The van der Waals surface area contributed by atoms with Crippen LogP contribution in [0.5, 0.6) is 0 Å². The van der Waals surface area contributed by atoms with Gasteiger partial charge in [0.25, 0.3) is 0 Å². The van der Waals surface area contributed by atoms with Crippen LogP contribution in [0.3, 0.4) is 0 Å². The number of benzene rings is 1. The smallest absolute Gasteiger partial charge is 0.338 e. The van der Waals surface area contributed by atoms with Crippen molar-refractivity contribution in [2.75, 3.05) is 20.8 Å². The summed E-state index contributed by atoms with van der Waals surface area (Å²) in [7, 11) is 2.89. The molecular formula is C20H22O6. The number of carbonyl (C=O) groups is 2. The number of carbonyl (C=O) groups excluding carboxylic acids is 2. The third kappa shape index (κ3) is 3.37. The number of ether oxygens (including phenoxy) is 4. The summed E-state index contributed by atoms with van der Waals surface area (Å²) in [5.41, 5.74) is 2.77. The van der Waals surface area contributed by atoms with Crippen molar-refractivity contribution < 1.29 is 28.5 Å². The van der Waals surface area contributed by atoms with Crippen molar-refractivity contribution in [3.8, 4) is 0 Å². The third-order valence-electron chi connectivity index (χ3n) is 4.91. The number of methoxy groups -OCH3 is 2. The number of hydrogen-bond donors (Lipinski definition) is 0. The van der Waals surface area contributed by atoms with Crippen LogP contribution in [0.2, 0.25) is 0 Å². The van der Waals surface area contributed by atoms with Gasteiger partial charge in [-0.05, 0) is 30.5 Å². The number of fused-ring (bicyclic) bond motifs is 1. The number of hydrogen-bond acceptors (Lipinski definition) is 6. The first-order chi connectivity index (χ1) is 12.6. The van der Waals surface area contributed by atoms with Gasteiger partial charge in [0.15, 0.2) is 0 Å². The largest absolute Gasteiger partial charge is 0.471 e. The highest BCUT2D eigenvalue weighted by Crippen LogP contribution is 2.43. The van der Waals surface area contributed by atoms with Gasteiger partial charge in [-0.25, -0.2) is 9.59 Å². The summed E-state index contributed by atoms with van der Waals surface area (Å²) in [6, 6.07) is 7.28. The molecule has 6 heteroatoms. The fourth-order valence-electron chi connectivity index (χ4n) is 3.52. The summed E-state index contributed by atoms with van der Waals surface area (Å²) in [5, 5.41) is 0. The quantitative estimate of drug-likeness (QED) is 0.595. The van der Waals surface area contributed by atoms with Crippen molar-refractivity contribution in [1.29, 1.82) is 0 Å².